The molecule has 0 aromatic heterocycles. The van der Waals surface area contributed by atoms with Crippen LogP contribution in [-0.4, -0.2) is 37.5 Å². The van der Waals surface area contributed by atoms with E-state index in [0.29, 0.717) is 5.92 Å². The summed E-state index contributed by atoms with van der Waals surface area (Å²) in [6, 6.07) is 0. The van der Waals surface area contributed by atoms with Crippen LogP contribution in [0.25, 0.3) is 0 Å². The first-order valence-electron chi connectivity index (χ1n) is 4.23. The maximum Gasteiger partial charge on any atom is 0.224 e. The van der Waals surface area contributed by atoms with Crippen LogP contribution in [0.5, 0.6) is 0 Å². The highest BCUT2D eigenvalue weighted by Gasteiger charge is 2.37. The molecule has 3 heteroatoms. The topological polar surface area (TPSA) is 32.3 Å². The van der Waals surface area contributed by atoms with Crippen molar-refractivity contribution in [1.29, 1.82) is 0 Å². The van der Waals surface area contributed by atoms with E-state index >= 15 is 0 Å². The molecule has 2 rings (SSSR count). The van der Waals surface area contributed by atoms with Crippen molar-refractivity contribution in [2.24, 2.45) is 11.8 Å². The largest absolute Gasteiger partial charge is 0.356 e. The number of piperidine rings is 1. The minimum absolute atomic E-state index is 0.269. The quantitative estimate of drug-likeness (QED) is 0.519. The van der Waals surface area contributed by atoms with Gasteiger partial charge in [-0.15, -0.1) is 0 Å². The summed E-state index contributed by atoms with van der Waals surface area (Å²) in [5.41, 5.74) is 0. The van der Waals surface area contributed by atoms with E-state index in [-0.39, 0.29) is 11.8 Å². The van der Waals surface area contributed by atoms with Crippen molar-refractivity contribution >= 4 is 5.91 Å². The van der Waals surface area contributed by atoms with E-state index in [4.69, 9.17) is 0 Å². The second kappa shape index (κ2) is 2.48. The van der Waals surface area contributed by atoms with Crippen LogP contribution in [0.2, 0.25) is 0 Å². The van der Waals surface area contributed by atoms with Crippen molar-refractivity contribution in [3.63, 3.8) is 0 Å². The van der Waals surface area contributed by atoms with Gasteiger partial charge in [0.05, 0.1) is 5.92 Å². The van der Waals surface area contributed by atoms with Crippen LogP contribution in [0.1, 0.15) is 6.42 Å². The number of hydrogen-bond donors (Lipinski definition) is 1. The zero-order valence-electron chi connectivity index (χ0n) is 6.84. The van der Waals surface area contributed by atoms with Gasteiger partial charge in [0.2, 0.25) is 5.91 Å². The Morgan fingerprint density at radius 1 is 1.55 bits per heavy atom. The number of rotatable bonds is 0. The SMILES string of the molecule is CN1CC2CCNC(=O)C2C1. The van der Waals surface area contributed by atoms with Crippen molar-refractivity contribution in [3.05, 3.63) is 0 Å². The lowest BCUT2D eigenvalue weighted by Crippen LogP contribution is -2.41. The van der Waals surface area contributed by atoms with Gasteiger partial charge in [-0.1, -0.05) is 0 Å². The Morgan fingerprint density at radius 3 is 3.09 bits per heavy atom. The highest BCUT2D eigenvalue weighted by atomic mass is 16.2. The van der Waals surface area contributed by atoms with E-state index in [9.17, 15) is 4.79 Å². The average Bonchev–Trinajstić information content (AvgIpc) is 2.31. The molecule has 0 aromatic carbocycles. The number of hydrogen-bond acceptors (Lipinski definition) is 2. The Kier molecular flexibility index (Phi) is 1.60. The summed E-state index contributed by atoms with van der Waals surface area (Å²) in [4.78, 5) is 13.5. The number of fused-ring (bicyclic) bond motifs is 1. The highest BCUT2D eigenvalue weighted by Crippen LogP contribution is 2.27. The van der Waals surface area contributed by atoms with E-state index in [1.54, 1.807) is 0 Å². The van der Waals surface area contributed by atoms with Gasteiger partial charge in [0.15, 0.2) is 0 Å². The molecule has 2 unspecified atom stereocenters. The molecule has 2 saturated heterocycles. The molecule has 2 fully saturated rings. The average molecular weight is 154 g/mol. The highest BCUT2D eigenvalue weighted by molar-refractivity contribution is 5.80. The minimum Gasteiger partial charge on any atom is -0.356 e. The predicted molar refractivity (Wildman–Crippen MR) is 42.1 cm³/mol. The second-order valence-corrected chi connectivity index (χ2v) is 3.67. The van der Waals surface area contributed by atoms with Gasteiger partial charge in [-0.2, -0.15) is 0 Å². The van der Waals surface area contributed by atoms with Gasteiger partial charge >= 0.3 is 0 Å². The molecule has 0 aliphatic carbocycles. The van der Waals surface area contributed by atoms with Crippen LogP contribution in [0.3, 0.4) is 0 Å². The van der Waals surface area contributed by atoms with Crippen LogP contribution in [0.15, 0.2) is 0 Å². The van der Waals surface area contributed by atoms with Crippen molar-refractivity contribution in [2.45, 2.75) is 6.42 Å². The van der Waals surface area contributed by atoms with E-state index in [2.05, 4.69) is 17.3 Å². The fraction of sp³-hybridized carbons (Fsp3) is 0.875. The van der Waals surface area contributed by atoms with E-state index in [1.807, 2.05) is 0 Å². The molecule has 2 aliphatic rings. The fourth-order valence-electron chi connectivity index (χ4n) is 2.19. The number of nitrogens with one attached hydrogen (secondary N) is 1. The monoisotopic (exact) mass is 154 g/mol. The van der Waals surface area contributed by atoms with Crippen LogP contribution in [-0.2, 0) is 4.79 Å². The Balaban J connectivity index is 2.09. The first kappa shape index (κ1) is 7.10. The van der Waals surface area contributed by atoms with Gasteiger partial charge in [0.1, 0.15) is 0 Å². The molecule has 2 atom stereocenters. The van der Waals surface area contributed by atoms with Crippen LogP contribution in [0, 0.1) is 11.8 Å². The molecule has 1 amide bonds. The van der Waals surface area contributed by atoms with E-state index in [1.165, 1.54) is 6.42 Å². The number of likely N-dealkylation sites (tertiary alicyclic amines) is 1. The van der Waals surface area contributed by atoms with Gasteiger partial charge in [-0.05, 0) is 19.4 Å². The summed E-state index contributed by atoms with van der Waals surface area (Å²) < 4.78 is 0. The lowest BCUT2D eigenvalue weighted by atomic mass is 9.89. The molecule has 62 valence electrons. The van der Waals surface area contributed by atoms with Gasteiger partial charge in [-0.3, -0.25) is 4.79 Å². The number of carbonyl (C=O) groups excluding carboxylic acids is 1. The molecular formula is C8H14N2O. The molecule has 0 bridgehead atoms. The molecule has 0 spiro atoms. The Bertz CT molecular complexity index is 181. The molecule has 0 aromatic rings. The lowest BCUT2D eigenvalue weighted by Gasteiger charge is -2.23. The number of carbonyl (C=O) groups is 1. The van der Waals surface area contributed by atoms with Gasteiger partial charge in [-0.25, -0.2) is 0 Å². The van der Waals surface area contributed by atoms with Gasteiger partial charge in [0.25, 0.3) is 0 Å². The van der Waals surface area contributed by atoms with E-state index in [0.717, 1.165) is 19.6 Å². The summed E-state index contributed by atoms with van der Waals surface area (Å²) in [6.45, 7) is 2.95. The summed E-state index contributed by atoms with van der Waals surface area (Å²) in [5, 5.41) is 2.91. The van der Waals surface area contributed by atoms with Gasteiger partial charge in [0, 0.05) is 19.6 Å². The van der Waals surface area contributed by atoms with Crippen LogP contribution >= 0.6 is 0 Å². The molecule has 1 N–H and O–H groups in total. The minimum atomic E-state index is 0.269. The molecule has 2 aliphatic heterocycles. The molecule has 2 heterocycles. The molecule has 11 heavy (non-hydrogen) atoms. The predicted octanol–water partition coefficient (Wildman–Crippen LogP) is -0.316. The van der Waals surface area contributed by atoms with Crippen molar-refractivity contribution in [1.82, 2.24) is 10.2 Å². The fourth-order valence-corrected chi connectivity index (χ4v) is 2.19. The smallest absolute Gasteiger partial charge is 0.224 e. The van der Waals surface area contributed by atoms with E-state index < -0.39 is 0 Å². The zero-order valence-corrected chi connectivity index (χ0v) is 6.84. The molecule has 0 radical (unpaired) electrons. The lowest BCUT2D eigenvalue weighted by molar-refractivity contribution is -0.127. The maximum atomic E-state index is 11.3. The summed E-state index contributed by atoms with van der Waals surface area (Å²) in [7, 11) is 2.09. The number of nitrogens with zero attached hydrogens (tertiary/aromatic N) is 1. The van der Waals surface area contributed by atoms with Crippen molar-refractivity contribution in [3.8, 4) is 0 Å². The normalized spacial score (nSPS) is 38.5. The molecule has 3 nitrogen and oxygen atoms in total. The van der Waals surface area contributed by atoms with Crippen LogP contribution < -0.4 is 5.32 Å². The Hall–Kier alpha value is -0.570. The second-order valence-electron chi connectivity index (χ2n) is 3.67. The Morgan fingerprint density at radius 2 is 2.36 bits per heavy atom. The van der Waals surface area contributed by atoms with Crippen LogP contribution in [0.4, 0.5) is 0 Å². The maximum absolute atomic E-state index is 11.3. The van der Waals surface area contributed by atoms with Crippen molar-refractivity contribution < 1.29 is 4.79 Å². The summed E-state index contributed by atoms with van der Waals surface area (Å²) in [6.07, 6.45) is 1.17. The van der Waals surface area contributed by atoms with Gasteiger partial charge < -0.3 is 10.2 Å². The molecular weight excluding hydrogens is 140 g/mol. The summed E-state index contributed by atoms with van der Waals surface area (Å²) >= 11 is 0. The third-order valence-corrected chi connectivity index (χ3v) is 2.77. The summed E-state index contributed by atoms with van der Waals surface area (Å²) in [5.74, 6) is 1.19. The first-order valence-corrected chi connectivity index (χ1v) is 4.23. The number of amides is 1. The molecule has 0 saturated carbocycles. The standard InChI is InChI=1S/C8H14N2O/c1-10-4-6-2-3-9-8(11)7(6)5-10/h6-7H,2-5H2,1H3,(H,9,11). The zero-order chi connectivity index (χ0) is 7.84. The van der Waals surface area contributed by atoms with Crippen molar-refractivity contribution in [2.75, 3.05) is 26.7 Å². The third-order valence-electron chi connectivity index (χ3n) is 2.77. The first-order chi connectivity index (χ1) is 5.27. The third kappa shape index (κ3) is 1.13. The Labute approximate surface area is 66.8 Å².